The van der Waals surface area contributed by atoms with E-state index < -0.39 is 12.0 Å². The largest absolute Gasteiger partial charge is 0.494 e. The molecule has 1 atom stereocenters. The fourth-order valence-corrected chi connectivity index (χ4v) is 1.46. The first kappa shape index (κ1) is 13.9. The second-order valence-electron chi connectivity index (χ2n) is 3.74. The molecule has 0 aliphatic heterocycles. The van der Waals surface area contributed by atoms with Crippen LogP contribution < -0.4 is 4.74 Å². The summed E-state index contributed by atoms with van der Waals surface area (Å²) in [6.45, 7) is 2.65. The Labute approximate surface area is 105 Å². The second-order valence-corrected chi connectivity index (χ2v) is 3.74. The van der Waals surface area contributed by atoms with Gasteiger partial charge in [-0.3, -0.25) is 4.79 Å². The van der Waals surface area contributed by atoms with Gasteiger partial charge in [0, 0.05) is 4.91 Å². The summed E-state index contributed by atoms with van der Waals surface area (Å²) in [6, 6.07) is 6.23. The fraction of sp³-hybridized carbons (Fsp3) is 0.417. The van der Waals surface area contributed by atoms with Gasteiger partial charge < -0.3 is 9.84 Å². The highest BCUT2D eigenvalue weighted by atomic mass is 16.5. The van der Waals surface area contributed by atoms with Crippen LogP contribution >= 0.6 is 0 Å². The number of rotatable bonds is 7. The molecule has 1 aromatic carbocycles. The van der Waals surface area contributed by atoms with E-state index in [1.54, 1.807) is 24.3 Å². The van der Waals surface area contributed by atoms with E-state index in [1.807, 2.05) is 6.92 Å². The molecule has 0 radical (unpaired) electrons. The van der Waals surface area contributed by atoms with E-state index in [4.69, 9.17) is 15.4 Å². The Hall–Kier alpha value is -2.20. The lowest BCUT2D eigenvalue weighted by Gasteiger charge is -2.10. The van der Waals surface area contributed by atoms with E-state index in [9.17, 15) is 4.79 Å². The molecule has 1 unspecified atom stereocenters. The molecule has 6 heteroatoms. The van der Waals surface area contributed by atoms with Gasteiger partial charge in [0.2, 0.25) is 0 Å². The molecule has 6 nitrogen and oxygen atoms in total. The van der Waals surface area contributed by atoms with Gasteiger partial charge in [-0.25, -0.2) is 0 Å². The van der Waals surface area contributed by atoms with E-state index >= 15 is 0 Å². The molecule has 96 valence electrons. The third kappa shape index (κ3) is 4.35. The summed E-state index contributed by atoms with van der Waals surface area (Å²) < 4.78 is 5.41. The molecule has 0 amide bonds. The third-order valence-corrected chi connectivity index (χ3v) is 2.30. The number of benzene rings is 1. The van der Waals surface area contributed by atoms with Crippen LogP contribution in [0.25, 0.3) is 10.4 Å². The number of hydrogen-bond acceptors (Lipinski definition) is 3. The quantitative estimate of drug-likeness (QED) is 0.456. The van der Waals surface area contributed by atoms with Crippen LogP contribution in [0.5, 0.6) is 5.75 Å². The van der Waals surface area contributed by atoms with Crippen LogP contribution in [0.2, 0.25) is 0 Å². The first-order valence-corrected chi connectivity index (χ1v) is 5.66. The molecule has 1 N–H and O–H groups in total. The number of carboxylic acid groups (broad SMARTS) is 1. The van der Waals surface area contributed by atoms with Gasteiger partial charge in [0.1, 0.15) is 5.75 Å². The SMILES string of the molecule is CCCOc1ccc(C(CC(=O)O)N=[N+]=[N-])cc1. The number of carbonyl (C=O) groups is 1. The summed E-state index contributed by atoms with van der Waals surface area (Å²) in [6.07, 6.45) is 0.696. The maximum absolute atomic E-state index is 10.7. The molecular formula is C12H15N3O3. The molecule has 0 spiro atoms. The zero-order valence-corrected chi connectivity index (χ0v) is 10.1. The van der Waals surface area contributed by atoms with Gasteiger partial charge in [-0.1, -0.05) is 24.2 Å². The minimum absolute atomic E-state index is 0.223. The molecule has 0 aliphatic carbocycles. The van der Waals surface area contributed by atoms with Crippen molar-refractivity contribution in [1.29, 1.82) is 0 Å². The summed E-state index contributed by atoms with van der Waals surface area (Å²) in [5, 5.41) is 12.2. The highest BCUT2D eigenvalue weighted by Crippen LogP contribution is 2.24. The molecule has 0 saturated carbocycles. The summed E-state index contributed by atoms with van der Waals surface area (Å²) in [7, 11) is 0. The lowest BCUT2D eigenvalue weighted by atomic mass is 10.0. The number of azide groups is 1. The van der Waals surface area contributed by atoms with E-state index in [2.05, 4.69) is 10.0 Å². The Bertz CT molecular complexity index is 438. The second kappa shape index (κ2) is 7.19. The molecule has 0 saturated heterocycles. The molecule has 0 fully saturated rings. The van der Waals surface area contributed by atoms with E-state index in [1.165, 1.54) is 0 Å². The third-order valence-electron chi connectivity index (χ3n) is 2.30. The van der Waals surface area contributed by atoms with Gasteiger partial charge in [0.15, 0.2) is 0 Å². The van der Waals surface area contributed by atoms with Crippen molar-refractivity contribution in [2.24, 2.45) is 5.11 Å². The normalized spacial score (nSPS) is 11.4. The monoisotopic (exact) mass is 249 g/mol. The fourth-order valence-electron chi connectivity index (χ4n) is 1.46. The standard InChI is InChI=1S/C12H15N3O3/c1-2-7-18-10-5-3-9(4-6-10)11(14-15-13)8-12(16)17/h3-6,11H,2,7-8H2,1H3,(H,16,17). The molecule has 1 rings (SSSR count). The smallest absolute Gasteiger partial charge is 0.304 e. The van der Waals surface area contributed by atoms with Crippen molar-refractivity contribution >= 4 is 5.97 Å². The first-order chi connectivity index (χ1) is 8.67. The highest BCUT2D eigenvalue weighted by Gasteiger charge is 2.13. The maximum Gasteiger partial charge on any atom is 0.304 e. The van der Waals surface area contributed by atoms with E-state index in [-0.39, 0.29) is 6.42 Å². The maximum atomic E-state index is 10.7. The summed E-state index contributed by atoms with van der Waals surface area (Å²) in [5.41, 5.74) is 9.09. The summed E-state index contributed by atoms with van der Waals surface area (Å²) in [5.74, 6) is -0.283. The number of aliphatic carboxylic acids is 1. The molecule has 0 heterocycles. The van der Waals surface area contributed by atoms with Crippen molar-refractivity contribution in [2.75, 3.05) is 6.61 Å². The van der Waals surface area contributed by atoms with E-state index in [0.29, 0.717) is 12.2 Å². The zero-order chi connectivity index (χ0) is 13.4. The minimum atomic E-state index is -1.00. The van der Waals surface area contributed by atoms with Crippen LogP contribution in [-0.4, -0.2) is 17.7 Å². The van der Waals surface area contributed by atoms with Gasteiger partial charge in [-0.15, -0.1) is 0 Å². The van der Waals surface area contributed by atoms with Crippen molar-refractivity contribution in [3.8, 4) is 5.75 Å². The lowest BCUT2D eigenvalue weighted by molar-refractivity contribution is -0.137. The Kier molecular flexibility index (Phi) is 5.54. The number of nitrogens with zero attached hydrogens (tertiary/aromatic N) is 3. The molecule has 0 bridgehead atoms. The van der Waals surface area contributed by atoms with Crippen molar-refractivity contribution in [3.63, 3.8) is 0 Å². The molecule has 18 heavy (non-hydrogen) atoms. The molecule has 1 aromatic rings. The van der Waals surface area contributed by atoms with Gasteiger partial charge in [0.05, 0.1) is 19.1 Å². The van der Waals surface area contributed by atoms with Crippen molar-refractivity contribution < 1.29 is 14.6 Å². The summed E-state index contributed by atoms with van der Waals surface area (Å²) >= 11 is 0. The summed E-state index contributed by atoms with van der Waals surface area (Å²) in [4.78, 5) is 13.3. The topological polar surface area (TPSA) is 95.3 Å². The van der Waals surface area contributed by atoms with Crippen LogP contribution in [0.3, 0.4) is 0 Å². The van der Waals surface area contributed by atoms with Gasteiger partial charge >= 0.3 is 5.97 Å². The molecular weight excluding hydrogens is 234 g/mol. The number of hydrogen-bond donors (Lipinski definition) is 1. The predicted octanol–water partition coefficient (Wildman–Crippen LogP) is 3.30. The highest BCUT2D eigenvalue weighted by molar-refractivity contribution is 5.68. The zero-order valence-electron chi connectivity index (χ0n) is 10.1. The van der Waals surface area contributed by atoms with Crippen LogP contribution in [0.15, 0.2) is 29.4 Å². The van der Waals surface area contributed by atoms with Crippen molar-refractivity contribution in [1.82, 2.24) is 0 Å². The number of carboxylic acids is 1. The Morgan fingerprint density at radius 1 is 1.50 bits per heavy atom. The first-order valence-electron chi connectivity index (χ1n) is 5.66. The number of ether oxygens (including phenoxy) is 1. The van der Waals surface area contributed by atoms with Crippen LogP contribution in [0.1, 0.15) is 31.4 Å². The Balaban J connectivity index is 2.79. The van der Waals surface area contributed by atoms with Gasteiger partial charge in [-0.2, -0.15) is 0 Å². The minimum Gasteiger partial charge on any atom is -0.494 e. The average molecular weight is 249 g/mol. The Morgan fingerprint density at radius 2 is 2.17 bits per heavy atom. The Morgan fingerprint density at radius 3 is 2.67 bits per heavy atom. The predicted molar refractivity (Wildman–Crippen MR) is 66.4 cm³/mol. The van der Waals surface area contributed by atoms with Crippen molar-refractivity contribution in [3.05, 3.63) is 40.3 Å². The van der Waals surface area contributed by atoms with Crippen LogP contribution in [-0.2, 0) is 4.79 Å². The van der Waals surface area contributed by atoms with Gasteiger partial charge in [0.25, 0.3) is 0 Å². The lowest BCUT2D eigenvalue weighted by Crippen LogP contribution is -2.03. The van der Waals surface area contributed by atoms with Crippen LogP contribution in [0.4, 0.5) is 0 Å². The molecule has 0 aromatic heterocycles. The van der Waals surface area contributed by atoms with Gasteiger partial charge in [-0.05, 0) is 29.6 Å². The molecule has 0 aliphatic rings. The van der Waals surface area contributed by atoms with E-state index in [0.717, 1.165) is 12.2 Å². The van der Waals surface area contributed by atoms with Crippen LogP contribution in [0, 0.1) is 0 Å². The average Bonchev–Trinajstić information content (AvgIpc) is 2.36. The van der Waals surface area contributed by atoms with Crippen molar-refractivity contribution in [2.45, 2.75) is 25.8 Å².